The molecule has 0 radical (unpaired) electrons. The minimum Gasteiger partial charge on any atom is -0.507 e. The topological polar surface area (TPSA) is 94.5 Å². The highest BCUT2D eigenvalue weighted by atomic mass is 16.5. The van der Waals surface area contributed by atoms with Crippen LogP contribution in [-0.4, -0.2) is 43.7 Å². The summed E-state index contributed by atoms with van der Waals surface area (Å²) in [7, 11) is 3.04. The van der Waals surface area contributed by atoms with Gasteiger partial charge >= 0.3 is 0 Å². The van der Waals surface area contributed by atoms with Crippen molar-refractivity contribution in [2.75, 3.05) is 25.7 Å². The first-order valence-corrected chi connectivity index (χ1v) is 12.4. The standard InChI is InChI=1S/C30H29NO7/c1-5-37-22-8-6-7-21(16-22)31-27(18-9-12-24(35-3)25(15-18)36-4)26(29(33)30(31)34)28(32)19-10-11-23-20(14-19)13-17(2)38-23/h6-12,14-17,27,32H,5,13H2,1-4H3/b28-26+. The predicted octanol–water partition coefficient (Wildman–Crippen LogP) is 5.05. The van der Waals surface area contributed by atoms with E-state index < -0.39 is 17.7 Å². The van der Waals surface area contributed by atoms with Gasteiger partial charge in [0.15, 0.2) is 11.5 Å². The monoisotopic (exact) mass is 515 g/mol. The molecule has 0 saturated carbocycles. The third-order valence-corrected chi connectivity index (χ3v) is 6.74. The molecule has 0 bridgehead atoms. The average Bonchev–Trinajstić information content (AvgIpc) is 3.43. The molecular formula is C30H29NO7. The molecule has 196 valence electrons. The number of amides is 1. The molecule has 1 amide bonds. The van der Waals surface area contributed by atoms with Gasteiger partial charge < -0.3 is 24.1 Å². The number of anilines is 1. The summed E-state index contributed by atoms with van der Waals surface area (Å²) in [6, 6.07) is 16.5. The Labute approximate surface area is 221 Å². The third kappa shape index (κ3) is 4.32. The number of aliphatic hydroxyl groups excluding tert-OH is 1. The van der Waals surface area contributed by atoms with E-state index in [1.54, 1.807) is 54.6 Å². The van der Waals surface area contributed by atoms with E-state index in [1.165, 1.54) is 19.1 Å². The zero-order chi connectivity index (χ0) is 27.0. The quantitative estimate of drug-likeness (QED) is 0.267. The molecule has 2 aliphatic rings. The number of carbonyl (C=O) groups excluding carboxylic acids is 2. The van der Waals surface area contributed by atoms with Crippen molar-refractivity contribution in [2.24, 2.45) is 0 Å². The van der Waals surface area contributed by atoms with Crippen LogP contribution in [0.4, 0.5) is 5.69 Å². The van der Waals surface area contributed by atoms with E-state index in [9.17, 15) is 14.7 Å². The van der Waals surface area contributed by atoms with Gasteiger partial charge in [0.05, 0.1) is 32.4 Å². The predicted molar refractivity (Wildman–Crippen MR) is 142 cm³/mol. The smallest absolute Gasteiger partial charge is 0.300 e. The Bertz CT molecular complexity index is 1440. The number of hydrogen-bond acceptors (Lipinski definition) is 7. The molecule has 8 nitrogen and oxygen atoms in total. The Hall–Kier alpha value is -4.46. The van der Waals surface area contributed by atoms with Crippen molar-refractivity contribution >= 4 is 23.1 Å². The molecule has 2 heterocycles. The SMILES string of the molecule is CCOc1cccc(N2C(=O)C(=O)/C(=C(/O)c3ccc4c(c3)CC(C)O4)C2c2ccc(OC)c(OC)c2)c1. The van der Waals surface area contributed by atoms with E-state index in [0.717, 1.165) is 11.3 Å². The first kappa shape index (κ1) is 25.2. The van der Waals surface area contributed by atoms with E-state index in [4.69, 9.17) is 18.9 Å². The third-order valence-electron chi connectivity index (χ3n) is 6.74. The lowest BCUT2D eigenvalue weighted by molar-refractivity contribution is -0.132. The summed E-state index contributed by atoms with van der Waals surface area (Å²) in [5, 5.41) is 11.5. The second kappa shape index (κ2) is 10.1. The summed E-state index contributed by atoms with van der Waals surface area (Å²) in [5.41, 5.74) is 2.39. The van der Waals surface area contributed by atoms with Gasteiger partial charge in [-0.3, -0.25) is 14.5 Å². The number of nitrogens with zero attached hydrogens (tertiary/aromatic N) is 1. The van der Waals surface area contributed by atoms with Crippen molar-refractivity contribution in [3.63, 3.8) is 0 Å². The highest BCUT2D eigenvalue weighted by molar-refractivity contribution is 6.51. The molecule has 1 fully saturated rings. The Morgan fingerprint density at radius 1 is 1.03 bits per heavy atom. The van der Waals surface area contributed by atoms with Crippen LogP contribution in [0.2, 0.25) is 0 Å². The summed E-state index contributed by atoms with van der Waals surface area (Å²) in [6.07, 6.45) is 0.714. The van der Waals surface area contributed by atoms with Crippen LogP contribution in [0.25, 0.3) is 5.76 Å². The Kier molecular flexibility index (Phi) is 6.72. The van der Waals surface area contributed by atoms with Crippen molar-refractivity contribution in [1.29, 1.82) is 0 Å². The van der Waals surface area contributed by atoms with E-state index in [1.807, 2.05) is 19.9 Å². The fourth-order valence-electron chi connectivity index (χ4n) is 5.05. The minimum atomic E-state index is -0.921. The van der Waals surface area contributed by atoms with Crippen LogP contribution in [0, 0.1) is 0 Å². The zero-order valence-corrected chi connectivity index (χ0v) is 21.7. The lowest BCUT2D eigenvalue weighted by atomic mass is 9.94. The van der Waals surface area contributed by atoms with Crippen molar-refractivity contribution in [3.8, 4) is 23.0 Å². The van der Waals surface area contributed by atoms with Crippen LogP contribution in [0.5, 0.6) is 23.0 Å². The van der Waals surface area contributed by atoms with E-state index in [0.29, 0.717) is 47.1 Å². The molecule has 0 aliphatic carbocycles. The van der Waals surface area contributed by atoms with Gasteiger partial charge in [-0.1, -0.05) is 12.1 Å². The van der Waals surface area contributed by atoms with Crippen LogP contribution >= 0.6 is 0 Å². The van der Waals surface area contributed by atoms with Crippen molar-refractivity contribution < 1.29 is 33.6 Å². The van der Waals surface area contributed by atoms with Crippen molar-refractivity contribution in [1.82, 2.24) is 0 Å². The number of fused-ring (bicyclic) bond motifs is 1. The van der Waals surface area contributed by atoms with E-state index in [-0.39, 0.29) is 17.4 Å². The molecule has 0 spiro atoms. The van der Waals surface area contributed by atoms with Crippen LogP contribution < -0.4 is 23.8 Å². The first-order chi connectivity index (χ1) is 18.4. The second-order valence-electron chi connectivity index (χ2n) is 9.17. The van der Waals surface area contributed by atoms with Gasteiger partial charge in [0.25, 0.3) is 11.7 Å². The van der Waals surface area contributed by atoms with Crippen LogP contribution in [-0.2, 0) is 16.0 Å². The van der Waals surface area contributed by atoms with E-state index in [2.05, 4.69) is 0 Å². The number of methoxy groups -OCH3 is 2. The van der Waals surface area contributed by atoms with E-state index >= 15 is 0 Å². The maximum Gasteiger partial charge on any atom is 0.300 e. The zero-order valence-electron chi connectivity index (χ0n) is 21.7. The molecule has 38 heavy (non-hydrogen) atoms. The van der Waals surface area contributed by atoms with Gasteiger partial charge in [0.2, 0.25) is 0 Å². The molecule has 8 heteroatoms. The number of hydrogen-bond donors (Lipinski definition) is 1. The van der Waals surface area contributed by atoms with Gasteiger partial charge in [-0.15, -0.1) is 0 Å². The maximum atomic E-state index is 13.5. The summed E-state index contributed by atoms with van der Waals surface area (Å²) in [5.74, 6) is 0.451. The molecule has 2 atom stereocenters. The van der Waals surface area contributed by atoms with Gasteiger partial charge in [-0.05, 0) is 67.4 Å². The molecule has 5 rings (SSSR count). The van der Waals surface area contributed by atoms with Gasteiger partial charge in [-0.2, -0.15) is 0 Å². The number of Topliss-reactive ketones (excluding diaryl/α,β-unsaturated/α-hetero) is 1. The van der Waals surface area contributed by atoms with Crippen molar-refractivity contribution in [2.45, 2.75) is 32.4 Å². The molecule has 1 saturated heterocycles. The molecule has 3 aromatic rings. The summed E-state index contributed by atoms with van der Waals surface area (Å²) in [4.78, 5) is 28.5. The highest BCUT2D eigenvalue weighted by Gasteiger charge is 2.47. The fraction of sp³-hybridized carbons (Fsp3) is 0.267. The number of carbonyl (C=O) groups is 2. The van der Waals surface area contributed by atoms with Crippen molar-refractivity contribution in [3.05, 3.63) is 82.9 Å². The van der Waals surface area contributed by atoms with Gasteiger partial charge in [0, 0.05) is 23.7 Å². The summed E-state index contributed by atoms with van der Waals surface area (Å²) < 4.78 is 22.3. The van der Waals surface area contributed by atoms with Crippen LogP contribution in [0.15, 0.2) is 66.2 Å². The van der Waals surface area contributed by atoms with Crippen LogP contribution in [0.1, 0.15) is 36.6 Å². The molecular weight excluding hydrogens is 486 g/mol. The molecule has 3 aromatic carbocycles. The first-order valence-electron chi connectivity index (χ1n) is 12.4. The number of benzene rings is 3. The summed E-state index contributed by atoms with van der Waals surface area (Å²) >= 11 is 0. The molecule has 2 aliphatic heterocycles. The second-order valence-corrected chi connectivity index (χ2v) is 9.17. The lowest BCUT2D eigenvalue weighted by Crippen LogP contribution is -2.29. The highest BCUT2D eigenvalue weighted by Crippen LogP contribution is 2.45. The molecule has 0 aromatic heterocycles. The molecule has 1 N–H and O–H groups in total. The normalized spacial score (nSPS) is 19.7. The number of rotatable bonds is 7. The lowest BCUT2D eigenvalue weighted by Gasteiger charge is -2.26. The molecule has 2 unspecified atom stereocenters. The number of ether oxygens (including phenoxy) is 4. The number of ketones is 1. The maximum absolute atomic E-state index is 13.5. The Balaban J connectivity index is 1.70. The summed E-state index contributed by atoms with van der Waals surface area (Å²) in [6.45, 7) is 4.28. The Morgan fingerprint density at radius 3 is 2.55 bits per heavy atom. The van der Waals surface area contributed by atoms with Gasteiger partial charge in [0.1, 0.15) is 23.4 Å². The van der Waals surface area contributed by atoms with Gasteiger partial charge in [-0.25, -0.2) is 0 Å². The van der Waals surface area contributed by atoms with Crippen LogP contribution in [0.3, 0.4) is 0 Å². The Morgan fingerprint density at radius 2 is 1.82 bits per heavy atom. The fourth-order valence-corrected chi connectivity index (χ4v) is 5.05. The largest absolute Gasteiger partial charge is 0.507 e. The number of aliphatic hydroxyl groups is 1. The average molecular weight is 516 g/mol. The minimum absolute atomic E-state index is 0.0176.